The second-order valence-corrected chi connectivity index (χ2v) is 14.3. The summed E-state index contributed by atoms with van der Waals surface area (Å²) < 4.78 is 11.5. The van der Waals surface area contributed by atoms with Crippen molar-refractivity contribution in [2.75, 3.05) is 0 Å². The van der Waals surface area contributed by atoms with Crippen LogP contribution in [0.15, 0.2) is 156 Å². The number of thiophene rings is 1. The maximum Gasteiger partial charge on any atom is 0.137 e. The Labute approximate surface area is 284 Å². The van der Waals surface area contributed by atoms with Crippen LogP contribution in [0.3, 0.4) is 0 Å². The summed E-state index contributed by atoms with van der Waals surface area (Å²) in [5, 5.41) is 10.1. The van der Waals surface area contributed by atoms with Crippen molar-refractivity contribution in [1.82, 2.24) is 4.57 Å². The lowest BCUT2D eigenvalue weighted by Crippen LogP contribution is -1.94. The summed E-state index contributed by atoms with van der Waals surface area (Å²) >= 11 is 1.87. The molecular weight excluding hydrogens is 615 g/mol. The van der Waals surface area contributed by atoms with E-state index in [-0.39, 0.29) is 0 Å². The second-order valence-electron chi connectivity index (χ2n) is 13.2. The fourth-order valence-electron chi connectivity index (χ4n) is 8.60. The molecule has 3 aromatic heterocycles. The van der Waals surface area contributed by atoms with Crippen LogP contribution in [0.1, 0.15) is 0 Å². The Kier molecular flexibility index (Phi) is 4.89. The SMILES string of the molecule is c1ccc2c(c1)-c1cccc3c1c-2cc1c3c2cc(-c3ccc4sc5ccccc5c4c3)ccc2n1-c1ccc2c(c1)oc1ccccc12. The number of furan rings is 1. The highest BCUT2D eigenvalue weighted by molar-refractivity contribution is 7.25. The van der Waals surface area contributed by atoms with Crippen molar-refractivity contribution in [3.63, 3.8) is 0 Å². The monoisotopic (exact) mass is 639 g/mol. The lowest BCUT2D eigenvalue weighted by molar-refractivity contribution is 0.668. The van der Waals surface area contributed by atoms with Gasteiger partial charge in [-0.25, -0.2) is 0 Å². The van der Waals surface area contributed by atoms with Crippen molar-refractivity contribution >= 4 is 86.0 Å². The lowest BCUT2D eigenvalue weighted by atomic mass is 9.96. The number of nitrogens with zero attached hydrogens (tertiary/aromatic N) is 1. The van der Waals surface area contributed by atoms with Crippen LogP contribution in [0.25, 0.3) is 114 Å². The summed E-state index contributed by atoms with van der Waals surface area (Å²) in [6.45, 7) is 0. The van der Waals surface area contributed by atoms with E-state index in [0.717, 1.165) is 27.6 Å². The molecule has 0 saturated carbocycles. The minimum atomic E-state index is 0.902. The van der Waals surface area contributed by atoms with Crippen LogP contribution in [0.4, 0.5) is 0 Å². The van der Waals surface area contributed by atoms with Gasteiger partial charge < -0.3 is 8.98 Å². The van der Waals surface area contributed by atoms with Gasteiger partial charge in [0.1, 0.15) is 11.2 Å². The van der Waals surface area contributed by atoms with Crippen LogP contribution in [-0.4, -0.2) is 4.57 Å². The summed E-state index contributed by atoms with van der Waals surface area (Å²) in [5.74, 6) is 0. The fraction of sp³-hybridized carbons (Fsp3) is 0. The summed E-state index contributed by atoms with van der Waals surface area (Å²) in [5.41, 5.74) is 13.0. The number of rotatable bonds is 2. The van der Waals surface area contributed by atoms with E-state index in [4.69, 9.17) is 4.42 Å². The quantitative estimate of drug-likeness (QED) is 0.184. The van der Waals surface area contributed by atoms with Crippen LogP contribution in [0, 0.1) is 0 Å². The van der Waals surface area contributed by atoms with Crippen molar-refractivity contribution < 1.29 is 4.42 Å². The molecule has 0 aliphatic heterocycles. The maximum atomic E-state index is 6.41. The van der Waals surface area contributed by atoms with Crippen molar-refractivity contribution in [2.45, 2.75) is 0 Å². The van der Waals surface area contributed by atoms with E-state index in [1.807, 2.05) is 17.4 Å². The Morgan fingerprint density at radius 2 is 1.08 bits per heavy atom. The van der Waals surface area contributed by atoms with Gasteiger partial charge in [-0.05, 0) is 98.8 Å². The standard InChI is InChI=1S/C46H25NOS/c1-2-9-30-29(8-1)34-12-7-13-35-45(34)37(30)25-40-46(35)38-23-26(27-17-21-44-36(22-27)33-11-4-6-15-43(33)49-44)16-20-39(38)47(40)28-18-19-32-31-10-3-5-14-41(31)48-42(32)24-28/h1-25H. The van der Waals surface area contributed by atoms with Gasteiger partial charge in [0.15, 0.2) is 0 Å². The molecule has 11 aromatic rings. The molecule has 8 aromatic carbocycles. The van der Waals surface area contributed by atoms with Gasteiger partial charge in [0.25, 0.3) is 0 Å². The molecule has 12 rings (SSSR count). The molecule has 0 atom stereocenters. The van der Waals surface area contributed by atoms with Gasteiger partial charge in [-0.15, -0.1) is 11.3 Å². The molecule has 0 radical (unpaired) electrons. The summed E-state index contributed by atoms with van der Waals surface area (Å²) in [7, 11) is 0. The highest BCUT2D eigenvalue weighted by Gasteiger charge is 2.26. The largest absolute Gasteiger partial charge is 0.456 e. The molecule has 0 saturated heterocycles. The number of fused-ring (bicyclic) bond motifs is 13. The van der Waals surface area contributed by atoms with Crippen molar-refractivity contribution in [1.29, 1.82) is 0 Å². The smallest absolute Gasteiger partial charge is 0.137 e. The Morgan fingerprint density at radius 1 is 0.388 bits per heavy atom. The summed E-state index contributed by atoms with van der Waals surface area (Å²) in [6, 6.07) is 55.8. The molecule has 0 unspecified atom stereocenters. The summed E-state index contributed by atoms with van der Waals surface area (Å²) in [4.78, 5) is 0. The number of aromatic nitrogens is 1. The maximum absolute atomic E-state index is 6.41. The van der Waals surface area contributed by atoms with Gasteiger partial charge in [0.05, 0.1) is 11.0 Å². The van der Waals surface area contributed by atoms with Crippen molar-refractivity contribution in [3.8, 4) is 39.1 Å². The van der Waals surface area contributed by atoms with E-state index in [9.17, 15) is 0 Å². The van der Waals surface area contributed by atoms with Crippen LogP contribution < -0.4 is 0 Å². The molecule has 1 aliphatic carbocycles. The minimum absolute atomic E-state index is 0.902. The zero-order chi connectivity index (χ0) is 31.8. The predicted molar refractivity (Wildman–Crippen MR) is 208 cm³/mol. The van der Waals surface area contributed by atoms with Gasteiger partial charge in [-0.2, -0.15) is 0 Å². The number of benzene rings is 8. The minimum Gasteiger partial charge on any atom is -0.456 e. The summed E-state index contributed by atoms with van der Waals surface area (Å²) in [6.07, 6.45) is 0. The third-order valence-corrected chi connectivity index (χ3v) is 11.9. The Hall–Kier alpha value is -6.16. The third kappa shape index (κ3) is 3.40. The Bertz CT molecular complexity index is 3230. The van der Waals surface area contributed by atoms with Crippen LogP contribution >= 0.6 is 11.3 Å². The first kappa shape index (κ1) is 25.9. The van der Waals surface area contributed by atoms with E-state index in [1.54, 1.807) is 0 Å². The second kappa shape index (κ2) is 9.25. The molecular formula is C46H25NOS. The molecule has 1 aliphatic rings. The molecule has 0 bridgehead atoms. The first-order chi connectivity index (χ1) is 24.3. The Morgan fingerprint density at radius 3 is 2.00 bits per heavy atom. The molecule has 0 amide bonds. The molecule has 0 fully saturated rings. The van der Waals surface area contributed by atoms with E-state index >= 15 is 0 Å². The van der Waals surface area contributed by atoms with Crippen LogP contribution in [0.5, 0.6) is 0 Å². The number of hydrogen-bond acceptors (Lipinski definition) is 2. The zero-order valence-corrected chi connectivity index (χ0v) is 27.0. The third-order valence-electron chi connectivity index (χ3n) is 10.7. The average molecular weight is 640 g/mol. The van der Waals surface area contributed by atoms with Gasteiger partial charge >= 0.3 is 0 Å². The Balaban J connectivity index is 1.18. The molecule has 0 spiro atoms. The first-order valence-corrected chi connectivity index (χ1v) is 17.6. The number of hydrogen-bond donors (Lipinski definition) is 0. The molecule has 3 heteroatoms. The zero-order valence-electron chi connectivity index (χ0n) is 26.2. The highest BCUT2D eigenvalue weighted by atomic mass is 32.1. The first-order valence-electron chi connectivity index (χ1n) is 16.8. The lowest BCUT2D eigenvalue weighted by Gasteiger charge is -2.10. The predicted octanol–water partition coefficient (Wildman–Crippen LogP) is 13.5. The van der Waals surface area contributed by atoms with Gasteiger partial charge in [0.2, 0.25) is 0 Å². The van der Waals surface area contributed by atoms with Crippen LogP contribution in [-0.2, 0) is 0 Å². The molecule has 2 nitrogen and oxygen atoms in total. The van der Waals surface area contributed by atoms with Crippen LogP contribution in [0.2, 0.25) is 0 Å². The van der Waals surface area contributed by atoms with Crippen molar-refractivity contribution in [3.05, 3.63) is 152 Å². The van der Waals surface area contributed by atoms with Gasteiger partial charge in [-0.1, -0.05) is 91.0 Å². The van der Waals surface area contributed by atoms with E-state index in [1.165, 1.54) is 86.1 Å². The van der Waals surface area contributed by atoms with Crippen molar-refractivity contribution in [2.24, 2.45) is 0 Å². The highest BCUT2D eigenvalue weighted by Crippen LogP contribution is 2.51. The molecule has 3 heterocycles. The fourth-order valence-corrected chi connectivity index (χ4v) is 9.68. The van der Waals surface area contributed by atoms with Gasteiger partial charge in [-0.3, -0.25) is 0 Å². The molecule has 49 heavy (non-hydrogen) atoms. The molecule has 226 valence electrons. The van der Waals surface area contributed by atoms with E-state index in [2.05, 4.69) is 150 Å². The van der Waals surface area contributed by atoms with E-state index in [0.29, 0.717) is 0 Å². The van der Waals surface area contributed by atoms with Gasteiger partial charge in [0, 0.05) is 53.5 Å². The number of para-hydroxylation sites is 1. The van der Waals surface area contributed by atoms with E-state index < -0.39 is 0 Å². The average Bonchev–Trinajstić information content (AvgIpc) is 3.89. The molecule has 0 N–H and O–H groups in total. The topological polar surface area (TPSA) is 18.1 Å². The normalized spacial score (nSPS) is 12.5.